The van der Waals surface area contributed by atoms with Crippen molar-refractivity contribution >= 4 is 17.2 Å². The van der Waals surface area contributed by atoms with Crippen LogP contribution in [0.25, 0.3) is 28.4 Å². The lowest BCUT2D eigenvalue weighted by Crippen LogP contribution is -2.20. The van der Waals surface area contributed by atoms with Gasteiger partial charge in [-0.3, -0.25) is 9.78 Å². The van der Waals surface area contributed by atoms with Crippen LogP contribution in [0.5, 0.6) is 5.75 Å². The smallest absolute Gasteiger partial charge is 0.262 e. The molecule has 162 valence electrons. The van der Waals surface area contributed by atoms with Crippen LogP contribution in [-0.2, 0) is 4.79 Å². The monoisotopic (exact) mass is 436 g/mol. The maximum Gasteiger partial charge on any atom is 0.262 e. The molecule has 0 aliphatic carbocycles. The van der Waals surface area contributed by atoms with Gasteiger partial charge in [-0.15, -0.1) is 10.2 Å². The van der Waals surface area contributed by atoms with E-state index in [4.69, 9.17) is 9.84 Å². The van der Waals surface area contributed by atoms with E-state index in [2.05, 4.69) is 20.5 Å². The third-order valence-corrected chi connectivity index (χ3v) is 4.99. The number of amides is 1. The Morgan fingerprint density at radius 2 is 1.82 bits per heavy atom. The maximum atomic E-state index is 12.4. The van der Waals surface area contributed by atoms with E-state index in [1.165, 1.54) is 0 Å². The molecule has 0 aliphatic rings. The van der Waals surface area contributed by atoms with Gasteiger partial charge < -0.3 is 10.1 Å². The molecule has 0 radical (unpaired) electrons. The lowest BCUT2D eigenvalue weighted by Gasteiger charge is -2.09. The zero-order valence-corrected chi connectivity index (χ0v) is 17.8. The summed E-state index contributed by atoms with van der Waals surface area (Å²) in [6.07, 6.45) is 1.70. The van der Waals surface area contributed by atoms with Crippen molar-refractivity contribution in [2.75, 3.05) is 11.9 Å². The number of fused-ring (bicyclic) bond motifs is 1. The Bertz CT molecular complexity index is 1410. The third kappa shape index (κ3) is 4.54. The Morgan fingerprint density at radius 1 is 0.939 bits per heavy atom. The van der Waals surface area contributed by atoms with E-state index in [9.17, 15) is 4.79 Å². The first-order valence-corrected chi connectivity index (χ1v) is 10.4. The van der Waals surface area contributed by atoms with E-state index in [1.54, 1.807) is 10.7 Å². The Kier molecular flexibility index (Phi) is 5.47. The van der Waals surface area contributed by atoms with Gasteiger partial charge >= 0.3 is 0 Å². The number of nitrogens with one attached hydrogen (secondary N) is 1. The fraction of sp³-hybridized carbons (Fsp3) is 0.0800. The van der Waals surface area contributed by atoms with Gasteiger partial charge in [-0.1, -0.05) is 35.9 Å². The molecule has 3 heterocycles. The van der Waals surface area contributed by atoms with Gasteiger partial charge in [0, 0.05) is 17.4 Å². The largest absolute Gasteiger partial charge is 0.484 e. The number of rotatable bonds is 6. The molecule has 3 aromatic heterocycles. The van der Waals surface area contributed by atoms with E-state index in [-0.39, 0.29) is 12.5 Å². The number of hydrogen-bond acceptors (Lipinski definition) is 6. The van der Waals surface area contributed by atoms with Gasteiger partial charge in [-0.05, 0) is 55.5 Å². The summed E-state index contributed by atoms with van der Waals surface area (Å²) in [7, 11) is 0. The van der Waals surface area contributed by atoms with Gasteiger partial charge in [-0.2, -0.15) is 9.61 Å². The molecular formula is C25H20N6O2. The average molecular weight is 436 g/mol. The first-order valence-electron chi connectivity index (χ1n) is 10.4. The highest BCUT2D eigenvalue weighted by molar-refractivity contribution is 5.92. The molecule has 0 spiro atoms. The van der Waals surface area contributed by atoms with E-state index in [0.29, 0.717) is 34.3 Å². The van der Waals surface area contributed by atoms with Crippen molar-refractivity contribution in [3.05, 3.63) is 90.6 Å². The van der Waals surface area contributed by atoms with Gasteiger partial charge in [0.1, 0.15) is 11.4 Å². The maximum absolute atomic E-state index is 12.4. The highest BCUT2D eigenvalue weighted by atomic mass is 16.5. The van der Waals surface area contributed by atoms with Crippen molar-refractivity contribution in [3.8, 4) is 28.5 Å². The van der Waals surface area contributed by atoms with Crippen LogP contribution >= 0.6 is 0 Å². The molecule has 5 rings (SSSR count). The number of carbonyl (C=O) groups is 1. The summed E-state index contributed by atoms with van der Waals surface area (Å²) in [6.45, 7) is 1.92. The fourth-order valence-corrected chi connectivity index (χ4v) is 3.33. The number of ether oxygens (including phenoxy) is 1. The van der Waals surface area contributed by atoms with Gasteiger partial charge in [0.25, 0.3) is 5.91 Å². The number of aryl methyl sites for hydroxylation is 1. The molecule has 0 fully saturated rings. The number of nitrogens with zero attached hydrogens (tertiary/aromatic N) is 5. The van der Waals surface area contributed by atoms with Crippen LogP contribution in [0, 0.1) is 6.92 Å². The second-order valence-corrected chi connectivity index (χ2v) is 7.46. The topological polar surface area (TPSA) is 94.3 Å². The second-order valence-electron chi connectivity index (χ2n) is 7.46. The molecular weight excluding hydrogens is 416 g/mol. The third-order valence-electron chi connectivity index (χ3n) is 4.99. The summed E-state index contributed by atoms with van der Waals surface area (Å²) >= 11 is 0. The van der Waals surface area contributed by atoms with Crippen LogP contribution in [0.1, 0.15) is 5.56 Å². The van der Waals surface area contributed by atoms with Crippen molar-refractivity contribution in [2.45, 2.75) is 6.92 Å². The molecule has 0 atom stereocenters. The molecule has 0 saturated heterocycles. The molecule has 0 aliphatic heterocycles. The van der Waals surface area contributed by atoms with Crippen LogP contribution in [0.4, 0.5) is 5.69 Å². The number of pyridine rings is 1. The fourth-order valence-electron chi connectivity index (χ4n) is 3.33. The van der Waals surface area contributed by atoms with Gasteiger partial charge in [-0.25, -0.2) is 0 Å². The molecule has 1 amide bonds. The van der Waals surface area contributed by atoms with Crippen molar-refractivity contribution in [1.29, 1.82) is 0 Å². The van der Waals surface area contributed by atoms with Crippen LogP contribution in [0.15, 0.2) is 85.1 Å². The molecule has 5 aromatic rings. The highest BCUT2D eigenvalue weighted by Crippen LogP contribution is 2.23. The summed E-state index contributed by atoms with van der Waals surface area (Å²) < 4.78 is 7.22. The van der Waals surface area contributed by atoms with E-state index >= 15 is 0 Å². The van der Waals surface area contributed by atoms with Crippen LogP contribution < -0.4 is 10.1 Å². The zero-order valence-electron chi connectivity index (χ0n) is 17.8. The highest BCUT2D eigenvalue weighted by Gasteiger charge is 2.12. The Hall–Kier alpha value is -4.59. The summed E-state index contributed by atoms with van der Waals surface area (Å²) in [5, 5.41) is 16.0. The van der Waals surface area contributed by atoms with Gasteiger partial charge in [0.2, 0.25) is 5.82 Å². The van der Waals surface area contributed by atoms with Crippen molar-refractivity contribution in [2.24, 2.45) is 0 Å². The Labute approximate surface area is 189 Å². The summed E-state index contributed by atoms with van der Waals surface area (Å²) in [5.74, 6) is 0.970. The van der Waals surface area contributed by atoms with Gasteiger partial charge in [0.15, 0.2) is 12.3 Å². The van der Waals surface area contributed by atoms with Crippen molar-refractivity contribution in [1.82, 2.24) is 24.8 Å². The predicted molar refractivity (Wildman–Crippen MR) is 125 cm³/mol. The number of hydrogen-bond donors (Lipinski definition) is 1. The van der Waals surface area contributed by atoms with Gasteiger partial charge in [0.05, 0.1) is 5.69 Å². The Balaban J connectivity index is 1.34. The molecule has 33 heavy (non-hydrogen) atoms. The average Bonchev–Trinajstić information content (AvgIpc) is 3.28. The van der Waals surface area contributed by atoms with Crippen LogP contribution in [0.2, 0.25) is 0 Å². The minimum atomic E-state index is -0.243. The van der Waals surface area contributed by atoms with Crippen LogP contribution in [0.3, 0.4) is 0 Å². The molecule has 1 N–H and O–H groups in total. The van der Waals surface area contributed by atoms with E-state index < -0.39 is 0 Å². The molecule has 0 bridgehead atoms. The summed E-state index contributed by atoms with van der Waals surface area (Å²) in [5.41, 5.74) is 4.65. The lowest BCUT2D eigenvalue weighted by atomic mass is 10.1. The zero-order chi connectivity index (χ0) is 22.6. The minimum absolute atomic E-state index is 0.0777. The first kappa shape index (κ1) is 20.3. The quantitative estimate of drug-likeness (QED) is 0.429. The minimum Gasteiger partial charge on any atom is -0.484 e. The van der Waals surface area contributed by atoms with Crippen molar-refractivity contribution in [3.63, 3.8) is 0 Å². The Morgan fingerprint density at radius 3 is 2.64 bits per heavy atom. The van der Waals surface area contributed by atoms with E-state index in [1.807, 2.05) is 85.8 Å². The predicted octanol–water partition coefficient (Wildman–Crippen LogP) is 4.18. The molecule has 8 heteroatoms. The first-order chi connectivity index (χ1) is 16.2. The molecule has 2 aromatic carbocycles. The number of anilines is 1. The van der Waals surface area contributed by atoms with E-state index in [0.717, 1.165) is 11.1 Å². The van der Waals surface area contributed by atoms with Crippen LogP contribution in [-0.4, -0.2) is 37.3 Å². The second kappa shape index (κ2) is 8.88. The molecule has 0 unspecified atom stereocenters. The molecule has 8 nitrogen and oxygen atoms in total. The lowest BCUT2D eigenvalue weighted by molar-refractivity contribution is -0.118. The summed E-state index contributed by atoms with van der Waals surface area (Å²) in [6, 6.07) is 24.4. The summed E-state index contributed by atoms with van der Waals surface area (Å²) in [4.78, 5) is 16.7. The number of aromatic nitrogens is 5. The standard InChI is InChI=1S/C25H20N6O2/c1-17-8-10-20(11-9-17)33-16-24(32)27-19-6-4-5-18(15-19)21-12-13-23-28-29-25(31(23)30-21)22-7-2-3-14-26-22/h2-15H,16H2,1H3,(H,27,32). The SMILES string of the molecule is Cc1ccc(OCC(=O)Nc2cccc(-c3ccc4nnc(-c5ccccn5)n4n3)c2)cc1. The normalized spacial score (nSPS) is 10.8. The van der Waals surface area contributed by atoms with Crippen molar-refractivity contribution < 1.29 is 9.53 Å². The molecule has 0 saturated carbocycles. The number of benzene rings is 2. The number of carbonyl (C=O) groups excluding carboxylic acids is 1.